The van der Waals surface area contributed by atoms with Crippen LogP contribution in [0, 0.1) is 5.92 Å². The Kier molecular flexibility index (Phi) is 4.18. The Morgan fingerprint density at radius 3 is 2.83 bits per heavy atom. The van der Waals surface area contributed by atoms with Gasteiger partial charge in [-0.05, 0) is 12.3 Å². The van der Waals surface area contributed by atoms with Gasteiger partial charge in [0.25, 0.3) is 5.56 Å². The first-order chi connectivity index (χ1) is 11.3. The molecule has 0 radical (unpaired) electrons. The highest BCUT2D eigenvalue weighted by molar-refractivity contribution is 7.89. The smallest absolute Gasteiger partial charge is 0.330 e. The van der Waals surface area contributed by atoms with Crippen molar-refractivity contribution in [2.24, 2.45) is 20.0 Å². The van der Waals surface area contributed by atoms with Crippen LogP contribution in [0.2, 0.25) is 0 Å². The summed E-state index contributed by atoms with van der Waals surface area (Å²) in [6.07, 6.45) is 6.21. The lowest BCUT2D eigenvalue weighted by Gasteiger charge is -2.23. The van der Waals surface area contributed by atoms with Crippen LogP contribution in [0.15, 0.2) is 33.1 Å². The molecule has 10 heteroatoms. The molecule has 1 atom stereocenters. The first kappa shape index (κ1) is 16.7. The van der Waals surface area contributed by atoms with Gasteiger partial charge >= 0.3 is 5.69 Å². The quantitative estimate of drug-likeness (QED) is 0.744. The predicted octanol–water partition coefficient (Wildman–Crippen LogP) is -1.18. The molecule has 0 saturated heterocycles. The Morgan fingerprint density at radius 1 is 1.33 bits per heavy atom. The number of rotatable bonds is 4. The number of nitrogens with zero attached hydrogens (tertiary/aromatic N) is 4. The molecule has 24 heavy (non-hydrogen) atoms. The predicted molar refractivity (Wildman–Crippen MR) is 86.2 cm³/mol. The van der Waals surface area contributed by atoms with Crippen LogP contribution in [0.25, 0.3) is 0 Å². The number of fused-ring (bicyclic) bond motifs is 1. The van der Waals surface area contributed by atoms with E-state index in [2.05, 4.69) is 9.71 Å². The lowest BCUT2D eigenvalue weighted by atomic mass is 9.98. The summed E-state index contributed by atoms with van der Waals surface area (Å²) in [6, 6.07) is 0. The van der Waals surface area contributed by atoms with Gasteiger partial charge in [-0.15, -0.1) is 0 Å². The molecule has 3 rings (SSSR count). The minimum atomic E-state index is -3.99. The standard InChI is InChI=1S/C14H19N5O4S/c1-17-9-11(13(20)18(2)14(17)21)24(22,23)16-8-10-3-5-19-6-4-15-12(19)7-10/h4,6,9-10,16H,3,5,7-8H2,1-2H3/t10-/m1/s1. The second kappa shape index (κ2) is 6.02. The second-order valence-electron chi connectivity index (χ2n) is 6.00. The van der Waals surface area contributed by atoms with Crippen LogP contribution in [0.1, 0.15) is 12.2 Å². The van der Waals surface area contributed by atoms with Gasteiger partial charge in [-0.2, -0.15) is 0 Å². The van der Waals surface area contributed by atoms with Crippen LogP contribution < -0.4 is 16.0 Å². The van der Waals surface area contributed by atoms with Crippen LogP contribution in [0.5, 0.6) is 0 Å². The maximum absolute atomic E-state index is 12.4. The van der Waals surface area contributed by atoms with Crippen molar-refractivity contribution < 1.29 is 8.42 Å². The summed E-state index contributed by atoms with van der Waals surface area (Å²) < 4.78 is 31.3. The van der Waals surface area contributed by atoms with E-state index in [1.807, 2.05) is 10.8 Å². The van der Waals surface area contributed by atoms with Gasteiger partial charge in [0, 0.05) is 52.2 Å². The topological polar surface area (TPSA) is 108 Å². The molecule has 0 fully saturated rings. The molecule has 1 N–H and O–H groups in total. The molecule has 0 amide bonds. The molecule has 0 unspecified atom stereocenters. The van der Waals surface area contributed by atoms with E-state index < -0.39 is 26.2 Å². The lowest BCUT2D eigenvalue weighted by Crippen LogP contribution is -2.42. The van der Waals surface area contributed by atoms with E-state index in [1.54, 1.807) is 6.20 Å². The van der Waals surface area contributed by atoms with Crippen LogP contribution in [0.3, 0.4) is 0 Å². The molecule has 9 nitrogen and oxygen atoms in total. The molecule has 130 valence electrons. The average molecular weight is 353 g/mol. The Morgan fingerprint density at radius 2 is 2.08 bits per heavy atom. The fourth-order valence-electron chi connectivity index (χ4n) is 2.85. The van der Waals surface area contributed by atoms with Gasteiger partial charge in [-0.25, -0.2) is 22.9 Å². The van der Waals surface area contributed by atoms with Crippen LogP contribution in [0.4, 0.5) is 0 Å². The number of nitrogens with one attached hydrogen (secondary N) is 1. The van der Waals surface area contributed by atoms with Gasteiger partial charge in [0.1, 0.15) is 5.82 Å². The fourth-order valence-corrected chi connectivity index (χ4v) is 4.13. The zero-order chi connectivity index (χ0) is 17.5. The summed E-state index contributed by atoms with van der Waals surface area (Å²) in [5.74, 6) is 1.05. The van der Waals surface area contributed by atoms with E-state index in [9.17, 15) is 18.0 Å². The number of hydrogen-bond acceptors (Lipinski definition) is 5. The molecule has 0 bridgehead atoms. The monoisotopic (exact) mass is 353 g/mol. The SMILES string of the molecule is Cn1cc(S(=O)(=O)NC[C@@H]2CCn3ccnc3C2)c(=O)n(C)c1=O. The average Bonchev–Trinajstić information content (AvgIpc) is 3.02. The third kappa shape index (κ3) is 2.94. The minimum Gasteiger partial charge on any atom is -0.335 e. The number of aromatic nitrogens is 4. The summed E-state index contributed by atoms with van der Waals surface area (Å²) in [7, 11) is -1.33. The summed E-state index contributed by atoms with van der Waals surface area (Å²) >= 11 is 0. The zero-order valence-corrected chi connectivity index (χ0v) is 14.3. The number of imidazole rings is 1. The van der Waals surface area contributed by atoms with Gasteiger partial charge in [0.15, 0.2) is 4.90 Å². The maximum atomic E-state index is 12.4. The molecule has 0 spiro atoms. The normalized spacial score (nSPS) is 17.7. The highest BCUT2D eigenvalue weighted by Gasteiger charge is 2.25. The molecule has 1 aliphatic heterocycles. The molecule has 0 aromatic carbocycles. The van der Waals surface area contributed by atoms with E-state index in [1.165, 1.54) is 14.1 Å². The Bertz CT molecular complexity index is 985. The molecular weight excluding hydrogens is 334 g/mol. The molecule has 0 aliphatic carbocycles. The van der Waals surface area contributed by atoms with E-state index >= 15 is 0 Å². The molecule has 3 heterocycles. The Balaban J connectivity index is 1.78. The van der Waals surface area contributed by atoms with E-state index in [0.717, 1.165) is 34.1 Å². The zero-order valence-electron chi connectivity index (χ0n) is 13.5. The van der Waals surface area contributed by atoms with Gasteiger partial charge in [-0.3, -0.25) is 9.36 Å². The fraction of sp³-hybridized carbons (Fsp3) is 0.500. The highest BCUT2D eigenvalue weighted by atomic mass is 32.2. The molecule has 2 aromatic rings. The van der Waals surface area contributed by atoms with Crippen LogP contribution in [-0.2, 0) is 37.1 Å². The number of sulfonamides is 1. The summed E-state index contributed by atoms with van der Waals surface area (Å²) in [6.45, 7) is 1.02. The third-order valence-corrected chi connectivity index (χ3v) is 5.72. The highest BCUT2D eigenvalue weighted by Crippen LogP contribution is 2.18. The van der Waals surface area contributed by atoms with Crippen molar-refractivity contribution in [1.29, 1.82) is 0 Å². The maximum Gasteiger partial charge on any atom is 0.330 e. The summed E-state index contributed by atoms with van der Waals surface area (Å²) in [4.78, 5) is 27.6. The first-order valence-electron chi connectivity index (χ1n) is 7.56. The summed E-state index contributed by atoms with van der Waals surface area (Å²) in [5, 5.41) is 0. The largest absolute Gasteiger partial charge is 0.335 e. The number of aryl methyl sites for hydroxylation is 2. The lowest BCUT2D eigenvalue weighted by molar-refractivity contribution is 0.379. The van der Waals surface area contributed by atoms with Gasteiger partial charge < -0.3 is 9.13 Å². The minimum absolute atomic E-state index is 0.117. The molecule has 2 aromatic heterocycles. The Labute approximate surface area is 138 Å². The number of hydrogen-bond donors (Lipinski definition) is 1. The summed E-state index contributed by atoms with van der Waals surface area (Å²) in [5.41, 5.74) is -1.40. The van der Waals surface area contributed by atoms with Gasteiger partial charge in [-0.1, -0.05) is 0 Å². The first-order valence-corrected chi connectivity index (χ1v) is 9.04. The molecular formula is C14H19N5O4S. The van der Waals surface area contributed by atoms with Crippen molar-refractivity contribution >= 4 is 10.0 Å². The van der Waals surface area contributed by atoms with E-state index in [0.29, 0.717) is 6.42 Å². The van der Waals surface area contributed by atoms with Gasteiger partial charge in [0.2, 0.25) is 10.0 Å². The van der Waals surface area contributed by atoms with Crippen LogP contribution in [-0.4, -0.2) is 33.6 Å². The third-order valence-electron chi connectivity index (χ3n) is 4.32. The van der Waals surface area contributed by atoms with Crippen molar-refractivity contribution in [3.05, 3.63) is 45.3 Å². The van der Waals surface area contributed by atoms with E-state index in [4.69, 9.17) is 0 Å². The van der Waals surface area contributed by atoms with Crippen molar-refractivity contribution in [1.82, 2.24) is 23.4 Å². The van der Waals surface area contributed by atoms with Crippen molar-refractivity contribution in [3.63, 3.8) is 0 Å². The van der Waals surface area contributed by atoms with Crippen molar-refractivity contribution in [2.75, 3.05) is 6.54 Å². The molecule has 1 aliphatic rings. The second-order valence-corrected chi connectivity index (χ2v) is 7.73. The van der Waals surface area contributed by atoms with Crippen molar-refractivity contribution in [2.45, 2.75) is 24.3 Å². The van der Waals surface area contributed by atoms with Gasteiger partial charge in [0.05, 0.1) is 0 Å². The molecule has 0 saturated carbocycles. The van der Waals surface area contributed by atoms with E-state index in [-0.39, 0.29) is 12.5 Å². The van der Waals surface area contributed by atoms with Crippen molar-refractivity contribution in [3.8, 4) is 0 Å². The Hall–Kier alpha value is -2.20. The van der Waals surface area contributed by atoms with Crippen LogP contribution >= 0.6 is 0 Å².